The lowest BCUT2D eigenvalue weighted by atomic mass is 9.85. The third kappa shape index (κ3) is 3.32. The second-order valence-corrected chi connectivity index (χ2v) is 6.32. The number of H-pyrrole nitrogens is 1. The minimum absolute atomic E-state index is 0.113. The van der Waals surface area contributed by atoms with Crippen LogP contribution < -0.4 is 5.69 Å². The van der Waals surface area contributed by atoms with Crippen molar-refractivity contribution in [2.75, 3.05) is 13.1 Å². The molecule has 0 unspecified atom stereocenters. The van der Waals surface area contributed by atoms with Crippen LogP contribution in [0.1, 0.15) is 29.6 Å². The second kappa shape index (κ2) is 5.99. The standard InChI is InChI=1S/C16H18F3N3O2/c1-21-13-6-5-11(7-12(13)20-15(21)24)14(23)22(9-16(17,18)19)8-10-3-2-4-10/h5-7,10H,2-4,8-9H2,1H3,(H,20,24). The zero-order valence-corrected chi connectivity index (χ0v) is 13.2. The van der Waals surface area contributed by atoms with E-state index in [4.69, 9.17) is 0 Å². The van der Waals surface area contributed by atoms with Crippen molar-refractivity contribution >= 4 is 16.9 Å². The van der Waals surface area contributed by atoms with Crippen LogP contribution in [0.3, 0.4) is 0 Å². The summed E-state index contributed by atoms with van der Waals surface area (Å²) in [4.78, 5) is 27.6. The van der Waals surface area contributed by atoms with Crippen molar-refractivity contribution in [3.05, 3.63) is 34.2 Å². The van der Waals surface area contributed by atoms with Crippen molar-refractivity contribution in [3.8, 4) is 0 Å². The lowest BCUT2D eigenvalue weighted by Gasteiger charge is -2.33. The minimum Gasteiger partial charge on any atom is -0.329 e. The number of imidazole rings is 1. The Morgan fingerprint density at radius 1 is 1.38 bits per heavy atom. The van der Waals surface area contributed by atoms with Gasteiger partial charge >= 0.3 is 11.9 Å². The van der Waals surface area contributed by atoms with Crippen molar-refractivity contribution in [1.82, 2.24) is 14.5 Å². The molecule has 0 bridgehead atoms. The lowest BCUT2D eigenvalue weighted by Crippen LogP contribution is -2.43. The molecule has 1 aromatic carbocycles. The van der Waals surface area contributed by atoms with Crippen molar-refractivity contribution in [3.63, 3.8) is 0 Å². The molecule has 3 rings (SSSR count). The summed E-state index contributed by atoms with van der Waals surface area (Å²) in [5.74, 6) is -0.526. The van der Waals surface area contributed by atoms with Gasteiger partial charge in [0.15, 0.2) is 0 Å². The summed E-state index contributed by atoms with van der Waals surface area (Å²) in [7, 11) is 1.58. The quantitative estimate of drug-likeness (QED) is 0.929. The summed E-state index contributed by atoms with van der Waals surface area (Å²) in [5.41, 5.74) is 0.839. The topological polar surface area (TPSA) is 58.1 Å². The highest BCUT2D eigenvalue weighted by molar-refractivity contribution is 5.97. The molecule has 1 fully saturated rings. The van der Waals surface area contributed by atoms with Gasteiger partial charge in [0.1, 0.15) is 6.54 Å². The minimum atomic E-state index is -4.44. The number of carbonyl (C=O) groups excluding carboxylic acids is 1. The van der Waals surface area contributed by atoms with Crippen LogP contribution in [0.15, 0.2) is 23.0 Å². The van der Waals surface area contributed by atoms with E-state index in [9.17, 15) is 22.8 Å². The molecule has 130 valence electrons. The zero-order chi connectivity index (χ0) is 17.5. The summed E-state index contributed by atoms with van der Waals surface area (Å²) in [6.45, 7) is -1.15. The highest BCUT2D eigenvalue weighted by Crippen LogP contribution is 2.29. The van der Waals surface area contributed by atoms with Gasteiger partial charge in [0.2, 0.25) is 0 Å². The SMILES string of the molecule is Cn1c(=O)[nH]c2cc(C(=O)N(CC3CCC3)CC(F)(F)F)ccc21. The van der Waals surface area contributed by atoms with Crippen molar-refractivity contribution in [2.24, 2.45) is 13.0 Å². The van der Waals surface area contributed by atoms with Gasteiger partial charge in [-0.2, -0.15) is 13.2 Å². The predicted molar refractivity (Wildman–Crippen MR) is 82.8 cm³/mol. The second-order valence-electron chi connectivity index (χ2n) is 6.32. The first-order valence-corrected chi connectivity index (χ1v) is 7.79. The molecule has 5 nitrogen and oxygen atoms in total. The third-order valence-electron chi connectivity index (χ3n) is 4.51. The van der Waals surface area contributed by atoms with Gasteiger partial charge in [-0.15, -0.1) is 0 Å². The van der Waals surface area contributed by atoms with Crippen LogP contribution in [0, 0.1) is 5.92 Å². The number of halogens is 3. The maximum atomic E-state index is 12.8. The van der Waals surface area contributed by atoms with E-state index in [1.807, 2.05) is 0 Å². The molecule has 1 aromatic heterocycles. The van der Waals surface area contributed by atoms with Crippen molar-refractivity contribution in [1.29, 1.82) is 0 Å². The molecule has 1 amide bonds. The first-order valence-electron chi connectivity index (χ1n) is 7.79. The number of aromatic amines is 1. The summed E-state index contributed by atoms with van der Waals surface area (Å²) >= 11 is 0. The van der Waals surface area contributed by atoms with Crippen LogP contribution in [0.2, 0.25) is 0 Å². The Hall–Kier alpha value is -2.25. The van der Waals surface area contributed by atoms with Crippen molar-refractivity contribution in [2.45, 2.75) is 25.4 Å². The molecule has 1 saturated carbocycles. The average molecular weight is 341 g/mol. The van der Waals surface area contributed by atoms with E-state index in [0.29, 0.717) is 11.0 Å². The molecular weight excluding hydrogens is 323 g/mol. The highest BCUT2D eigenvalue weighted by atomic mass is 19.4. The number of aromatic nitrogens is 2. The molecule has 0 spiro atoms. The number of fused-ring (bicyclic) bond motifs is 1. The van der Waals surface area contributed by atoms with Gasteiger partial charge in [-0.1, -0.05) is 6.42 Å². The lowest BCUT2D eigenvalue weighted by molar-refractivity contribution is -0.142. The summed E-state index contributed by atoms with van der Waals surface area (Å²) in [6.07, 6.45) is -1.74. The van der Waals surface area contributed by atoms with Gasteiger partial charge in [-0.3, -0.25) is 9.36 Å². The molecule has 1 aliphatic rings. The number of nitrogens with zero attached hydrogens (tertiary/aromatic N) is 2. The molecule has 0 saturated heterocycles. The number of aryl methyl sites for hydroxylation is 1. The molecular formula is C16H18F3N3O2. The Morgan fingerprint density at radius 2 is 2.08 bits per heavy atom. The van der Waals surface area contributed by atoms with E-state index in [2.05, 4.69) is 4.98 Å². The van der Waals surface area contributed by atoms with E-state index in [-0.39, 0.29) is 23.7 Å². The Kier molecular flexibility index (Phi) is 4.15. The van der Waals surface area contributed by atoms with Gasteiger partial charge in [0.25, 0.3) is 5.91 Å². The van der Waals surface area contributed by atoms with Crippen LogP contribution in [0.25, 0.3) is 11.0 Å². The fourth-order valence-corrected chi connectivity index (χ4v) is 2.98. The maximum absolute atomic E-state index is 12.8. The summed E-state index contributed by atoms with van der Waals surface area (Å²) in [5, 5.41) is 0. The van der Waals surface area contributed by atoms with E-state index >= 15 is 0 Å². The Bertz CT molecular complexity index is 818. The number of rotatable bonds is 4. The van der Waals surface area contributed by atoms with Crippen LogP contribution in [0.5, 0.6) is 0 Å². The Morgan fingerprint density at radius 3 is 2.67 bits per heavy atom. The number of hydrogen-bond donors (Lipinski definition) is 1. The molecule has 24 heavy (non-hydrogen) atoms. The number of carbonyl (C=O) groups is 1. The zero-order valence-electron chi connectivity index (χ0n) is 13.2. The van der Waals surface area contributed by atoms with Gasteiger partial charge < -0.3 is 9.88 Å². The molecule has 1 aliphatic carbocycles. The van der Waals surface area contributed by atoms with Crippen LogP contribution in [-0.4, -0.2) is 39.6 Å². The van der Waals surface area contributed by atoms with E-state index in [0.717, 1.165) is 24.2 Å². The van der Waals surface area contributed by atoms with Crippen LogP contribution in [0.4, 0.5) is 13.2 Å². The normalized spacial score (nSPS) is 15.5. The van der Waals surface area contributed by atoms with Crippen molar-refractivity contribution < 1.29 is 18.0 Å². The number of nitrogens with one attached hydrogen (secondary N) is 1. The fourth-order valence-electron chi connectivity index (χ4n) is 2.98. The summed E-state index contributed by atoms with van der Waals surface area (Å²) in [6, 6.07) is 4.46. The summed E-state index contributed by atoms with van der Waals surface area (Å²) < 4.78 is 39.8. The molecule has 1 heterocycles. The largest absolute Gasteiger partial charge is 0.406 e. The highest BCUT2D eigenvalue weighted by Gasteiger charge is 2.35. The molecule has 1 N–H and O–H groups in total. The molecule has 0 radical (unpaired) electrons. The maximum Gasteiger partial charge on any atom is 0.406 e. The van der Waals surface area contributed by atoms with Gasteiger partial charge in [-0.05, 0) is 37.0 Å². The predicted octanol–water partition coefficient (Wildman–Crippen LogP) is 2.67. The molecule has 0 aliphatic heterocycles. The van der Waals surface area contributed by atoms with Gasteiger partial charge in [0.05, 0.1) is 11.0 Å². The number of hydrogen-bond acceptors (Lipinski definition) is 2. The molecule has 8 heteroatoms. The molecule has 2 aromatic rings. The molecule has 0 atom stereocenters. The third-order valence-corrected chi connectivity index (χ3v) is 4.51. The average Bonchev–Trinajstić information content (AvgIpc) is 2.74. The monoisotopic (exact) mass is 341 g/mol. The van der Waals surface area contributed by atoms with Crippen LogP contribution in [-0.2, 0) is 7.05 Å². The first kappa shape index (κ1) is 16.6. The van der Waals surface area contributed by atoms with E-state index in [1.54, 1.807) is 13.1 Å². The Labute approximate surface area is 136 Å². The van der Waals surface area contributed by atoms with Crippen LogP contribution >= 0.6 is 0 Å². The van der Waals surface area contributed by atoms with Gasteiger partial charge in [-0.25, -0.2) is 4.79 Å². The smallest absolute Gasteiger partial charge is 0.329 e. The number of amides is 1. The number of alkyl halides is 3. The Balaban J connectivity index is 1.89. The van der Waals surface area contributed by atoms with E-state index < -0.39 is 18.6 Å². The first-order chi connectivity index (χ1) is 11.2. The van der Waals surface area contributed by atoms with E-state index in [1.165, 1.54) is 16.7 Å². The number of benzene rings is 1. The van der Waals surface area contributed by atoms with Gasteiger partial charge in [0, 0.05) is 19.2 Å². The fraction of sp³-hybridized carbons (Fsp3) is 0.500.